The van der Waals surface area contributed by atoms with Crippen molar-refractivity contribution in [3.8, 4) is 6.07 Å². The number of amidine groups is 1. The predicted molar refractivity (Wildman–Crippen MR) is 97.8 cm³/mol. The molecule has 1 aromatic carbocycles. The number of rotatable bonds is 3. The molecule has 31 heavy (non-hydrogen) atoms. The van der Waals surface area contributed by atoms with E-state index in [9.17, 15) is 22.4 Å². The molecule has 0 fully saturated rings. The van der Waals surface area contributed by atoms with Crippen LogP contribution in [0.2, 0.25) is 0 Å². The van der Waals surface area contributed by atoms with Crippen molar-refractivity contribution >= 4 is 17.6 Å². The number of halogens is 5. The highest BCUT2D eigenvalue weighted by atomic mass is 19.4. The zero-order valence-corrected chi connectivity index (χ0v) is 15.8. The molecule has 12 heteroatoms. The number of hydrogen-bond acceptors (Lipinski definition) is 6. The van der Waals surface area contributed by atoms with Crippen LogP contribution in [0.1, 0.15) is 35.0 Å². The Bertz CT molecular complexity index is 1090. The Morgan fingerprint density at radius 3 is 2.61 bits per heavy atom. The summed E-state index contributed by atoms with van der Waals surface area (Å²) in [5, 5.41) is 10.9. The van der Waals surface area contributed by atoms with E-state index >= 15 is 4.39 Å². The second-order valence-electron chi connectivity index (χ2n) is 6.84. The second kappa shape index (κ2) is 7.82. The number of benzene rings is 1. The van der Waals surface area contributed by atoms with Gasteiger partial charge in [-0.1, -0.05) is 0 Å². The van der Waals surface area contributed by atoms with Gasteiger partial charge in [-0.25, -0.2) is 18.8 Å². The van der Waals surface area contributed by atoms with Gasteiger partial charge in [-0.2, -0.15) is 18.4 Å². The van der Waals surface area contributed by atoms with Gasteiger partial charge in [0.15, 0.2) is 11.9 Å². The fourth-order valence-electron chi connectivity index (χ4n) is 3.12. The average molecular weight is 439 g/mol. The summed E-state index contributed by atoms with van der Waals surface area (Å²) < 4.78 is 74.3. The van der Waals surface area contributed by atoms with E-state index < -0.39 is 59.1 Å². The number of carbonyl (C=O) groups is 1. The summed E-state index contributed by atoms with van der Waals surface area (Å²) in [6.45, 7) is 1.04. The third-order valence-corrected chi connectivity index (χ3v) is 4.57. The van der Waals surface area contributed by atoms with Crippen LogP contribution in [0.3, 0.4) is 0 Å². The Hall–Kier alpha value is -3.75. The summed E-state index contributed by atoms with van der Waals surface area (Å²) in [5.41, 5.74) is 1.85. The number of pyridine rings is 1. The van der Waals surface area contributed by atoms with Gasteiger partial charge in [0.2, 0.25) is 0 Å². The maximum absolute atomic E-state index is 15.1. The van der Waals surface area contributed by atoms with Crippen LogP contribution in [0.25, 0.3) is 0 Å². The molecule has 1 aliphatic heterocycles. The molecule has 3 rings (SSSR count). The van der Waals surface area contributed by atoms with Crippen LogP contribution in [0.15, 0.2) is 35.5 Å². The highest BCUT2D eigenvalue weighted by molar-refractivity contribution is 6.03. The molecular weight excluding hydrogens is 425 g/mol. The number of carbonyl (C=O) groups excluding carboxylic acids is 1. The van der Waals surface area contributed by atoms with E-state index in [4.69, 9.17) is 15.7 Å². The molecular formula is C19H14F5N5O2. The lowest BCUT2D eigenvalue weighted by atomic mass is 9.86. The van der Waals surface area contributed by atoms with Crippen LogP contribution in [-0.4, -0.2) is 29.1 Å². The van der Waals surface area contributed by atoms with Crippen LogP contribution in [0, 0.1) is 23.0 Å². The molecule has 0 saturated heterocycles. The molecule has 2 atom stereocenters. The summed E-state index contributed by atoms with van der Waals surface area (Å²) in [6, 6.07) is 2.82. The molecule has 7 nitrogen and oxygen atoms in total. The van der Waals surface area contributed by atoms with Gasteiger partial charge < -0.3 is 15.8 Å². The van der Waals surface area contributed by atoms with Gasteiger partial charge >= 0.3 is 6.18 Å². The zero-order valence-electron chi connectivity index (χ0n) is 15.8. The number of nitriles is 1. The topological polar surface area (TPSA) is 113 Å². The molecule has 0 bridgehead atoms. The highest BCUT2D eigenvalue weighted by Gasteiger charge is 2.50. The van der Waals surface area contributed by atoms with E-state index in [0.29, 0.717) is 0 Å². The van der Waals surface area contributed by atoms with Crippen molar-refractivity contribution in [3.05, 3.63) is 58.9 Å². The lowest BCUT2D eigenvalue weighted by Crippen LogP contribution is -2.46. The van der Waals surface area contributed by atoms with Crippen molar-refractivity contribution < 1.29 is 31.5 Å². The fraction of sp³-hybridized carbons (Fsp3) is 0.263. The number of nitrogens with two attached hydrogens (primary N) is 1. The summed E-state index contributed by atoms with van der Waals surface area (Å²) in [4.78, 5) is 19.2. The van der Waals surface area contributed by atoms with Crippen LogP contribution in [-0.2, 0) is 10.3 Å². The van der Waals surface area contributed by atoms with Crippen LogP contribution >= 0.6 is 0 Å². The van der Waals surface area contributed by atoms with Gasteiger partial charge in [-0.05, 0) is 31.2 Å². The maximum atomic E-state index is 15.1. The molecule has 0 unspecified atom stereocenters. The normalized spacial score (nSPS) is 20.9. The minimum absolute atomic E-state index is 0.169. The van der Waals surface area contributed by atoms with E-state index in [1.807, 2.05) is 6.07 Å². The fourth-order valence-corrected chi connectivity index (χ4v) is 3.12. The second-order valence-corrected chi connectivity index (χ2v) is 6.84. The standard InChI is InChI=1S/C19H14F5N5O2/c1-18(6-13(19(22,23)24)29-17(26)31-18)14-10(20)3-5-11(15(14)21)28-16(30)12-4-2-9(7-25)8-27-12/h2-5,8,13H,6H2,1H3,(H2,26,29)(H,28,30)/t13-,18-/m0/s1. The van der Waals surface area contributed by atoms with E-state index in [1.165, 1.54) is 12.1 Å². The lowest BCUT2D eigenvalue weighted by molar-refractivity contribution is -0.164. The molecule has 1 aliphatic rings. The number of aromatic nitrogens is 1. The summed E-state index contributed by atoms with van der Waals surface area (Å²) >= 11 is 0. The molecule has 0 saturated carbocycles. The summed E-state index contributed by atoms with van der Waals surface area (Å²) in [6.07, 6.45) is -4.62. The molecule has 0 aliphatic carbocycles. The van der Waals surface area contributed by atoms with E-state index in [-0.39, 0.29) is 11.3 Å². The summed E-state index contributed by atoms with van der Waals surface area (Å²) in [5.74, 6) is -3.41. The van der Waals surface area contributed by atoms with Gasteiger partial charge in [0.25, 0.3) is 11.9 Å². The van der Waals surface area contributed by atoms with Crippen molar-refractivity contribution in [1.82, 2.24) is 4.98 Å². The minimum Gasteiger partial charge on any atom is -0.454 e. The SMILES string of the molecule is C[C@@]1(c2c(F)ccc(NC(=O)c3ccc(C#N)cn3)c2F)C[C@@H](C(F)(F)F)N=C(N)O1. The first kappa shape index (κ1) is 21.9. The number of nitrogens with one attached hydrogen (secondary N) is 1. The molecule has 1 aromatic heterocycles. The van der Waals surface area contributed by atoms with E-state index in [1.54, 1.807) is 0 Å². The van der Waals surface area contributed by atoms with Crippen molar-refractivity contribution in [2.24, 2.45) is 10.7 Å². The van der Waals surface area contributed by atoms with Crippen LogP contribution < -0.4 is 11.1 Å². The predicted octanol–water partition coefficient (Wildman–Crippen LogP) is 3.36. The Kier molecular flexibility index (Phi) is 5.54. The smallest absolute Gasteiger partial charge is 0.411 e. The quantitative estimate of drug-likeness (QED) is 0.712. The lowest BCUT2D eigenvalue weighted by Gasteiger charge is -2.37. The van der Waals surface area contributed by atoms with Crippen molar-refractivity contribution in [2.75, 3.05) is 5.32 Å². The van der Waals surface area contributed by atoms with Gasteiger partial charge in [0, 0.05) is 12.6 Å². The van der Waals surface area contributed by atoms with Crippen molar-refractivity contribution in [1.29, 1.82) is 5.26 Å². The third kappa shape index (κ3) is 4.40. The largest absolute Gasteiger partial charge is 0.454 e. The number of hydrogen-bond donors (Lipinski definition) is 2. The minimum atomic E-state index is -4.81. The number of anilines is 1. The van der Waals surface area contributed by atoms with E-state index in [0.717, 1.165) is 25.3 Å². The Labute approximate surface area is 172 Å². The molecule has 2 heterocycles. The van der Waals surface area contributed by atoms with Gasteiger partial charge in [0.1, 0.15) is 23.2 Å². The molecule has 162 valence electrons. The molecule has 0 spiro atoms. The maximum Gasteiger partial charge on any atom is 0.411 e. The van der Waals surface area contributed by atoms with Crippen molar-refractivity contribution in [3.63, 3.8) is 0 Å². The van der Waals surface area contributed by atoms with E-state index in [2.05, 4.69) is 15.3 Å². The Balaban J connectivity index is 1.96. The van der Waals surface area contributed by atoms with Gasteiger partial charge in [-0.3, -0.25) is 4.79 Å². The molecule has 2 aromatic rings. The van der Waals surface area contributed by atoms with Crippen molar-refractivity contribution in [2.45, 2.75) is 31.2 Å². The van der Waals surface area contributed by atoms with Gasteiger partial charge in [-0.15, -0.1) is 0 Å². The summed E-state index contributed by atoms with van der Waals surface area (Å²) in [7, 11) is 0. The Morgan fingerprint density at radius 1 is 1.32 bits per heavy atom. The molecule has 1 amide bonds. The number of nitrogens with zero attached hydrogens (tertiary/aromatic N) is 3. The number of aliphatic imine (C=N–C) groups is 1. The first-order valence-electron chi connectivity index (χ1n) is 8.69. The number of ether oxygens (including phenoxy) is 1. The highest BCUT2D eigenvalue weighted by Crippen LogP contribution is 2.42. The zero-order chi connectivity index (χ0) is 23.0. The number of amides is 1. The van der Waals surface area contributed by atoms with Gasteiger partial charge in [0.05, 0.1) is 16.8 Å². The Morgan fingerprint density at radius 2 is 2.03 bits per heavy atom. The third-order valence-electron chi connectivity index (χ3n) is 4.57. The van der Waals surface area contributed by atoms with Crippen LogP contribution in [0.4, 0.5) is 27.6 Å². The molecule has 0 radical (unpaired) electrons. The first-order valence-corrected chi connectivity index (χ1v) is 8.69. The average Bonchev–Trinajstić information content (AvgIpc) is 2.68. The first-order chi connectivity index (χ1) is 14.4. The van der Waals surface area contributed by atoms with Crippen LogP contribution in [0.5, 0.6) is 0 Å². The number of alkyl halides is 3. The monoisotopic (exact) mass is 439 g/mol. The molecule has 3 N–H and O–H groups in total.